The van der Waals surface area contributed by atoms with Crippen molar-refractivity contribution in [2.24, 2.45) is 0 Å². The van der Waals surface area contributed by atoms with Gasteiger partial charge in [0.2, 0.25) is 0 Å². The number of hydrogen-bond acceptors (Lipinski definition) is 3. The van der Waals surface area contributed by atoms with Gasteiger partial charge in [-0.2, -0.15) is 0 Å². The minimum atomic E-state index is 0.147. The molecule has 18 heavy (non-hydrogen) atoms. The number of nitrogens with zero attached hydrogens (tertiary/aromatic N) is 1. The molecule has 1 aromatic carbocycles. The molecule has 0 amide bonds. The SMILES string of the molecule is Cc1ccc(N2CCC(C)NCC2CO)c(Br)c1. The fourth-order valence-corrected chi connectivity index (χ4v) is 3.11. The maximum Gasteiger partial charge on any atom is 0.0647 e. The van der Waals surface area contributed by atoms with Gasteiger partial charge in [0.15, 0.2) is 0 Å². The number of benzene rings is 1. The van der Waals surface area contributed by atoms with Gasteiger partial charge < -0.3 is 15.3 Å². The Labute approximate surface area is 117 Å². The molecule has 1 aromatic rings. The Balaban J connectivity index is 2.27. The molecule has 0 spiro atoms. The summed E-state index contributed by atoms with van der Waals surface area (Å²) in [5.74, 6) is 0. The molecule has 0 bridgehead atoms. The largest absolute Gasteiger partial charge is 0.394 e. The Hall–Kier alpha value is -0.580. The summed E-state index contributed by atoms with van der Waals surface area (Å²) in [6.45, 7) is 6.27. The highest BCUT2D eigenvalue weighted by atomic mass is 79.9. The molecule has 2 rings (SSSR count). The molecular weight excluding hydrogens is 292 g/mol. The summed E-state index contributed by atoms with van der Waals surface area (Å²) in [7, 11) is 0. The Morgan fingerprint density at radius 1 is 1.50 bits per heavy atom. The van der Waals surface area contributed by atoms with E-state index in [1.165, 1.54) is 11.3 Å². The van der Waals surface area contributed by atoms with Crippen LogP contribution in [0.2, 0.25) is 0 Å². The molecule has 0 aromatic heterocycles. The third-order valence-electron chi connectivity index (χ3n) is 3.57. The van der Waals surface area contributed by atoms with E-state index in [2.05, 4.69) is 58.2 Å². The van der Waals surface area contributed by atoms with Crippen LogP contribution in [0.3, 0.4) is 0 Å². The Bertz CT molecular complexity index is 411. The van der Waals surface area contributed by atoms with Gasteiger partial charge in [0, 0.05) is 23.6 Å². The predicted octanol–water partition coefficient (Wildman–Crippen LogP) is 2.31. The van der Waals surface area contributed by atoms with Gasteiger partial charge in [-0.05, 0) is 53.9 Å². The van der Waals surface area contributed by atoms with Crippen molar-refractivity contribution >= 4 is 21.6 Å². The summed E-state index contributed by atoms with van der Waals surface area (Å²) in [6.07, 6.45) is 1.09. The number of nitrogens with one attached hydrogen (secondary N) is 1. The van der Waals surface area contributed by atoms with Gasteiger partial charge >= 0.3 is 0 Å². The second kappa shape index (κ2) is 6.04. The first-order chi connectivity index (χ1) is 8.61. The highest BCUT2D eigenvalue weighted by molar-refractivity contribution is 9.10. The second-order valence-electron chi connectivity index (χ2n) is 5.08. The quantitative estimate of drug-likeness (QED) is 0.879. The summed E-state index contributed by atoms with van der Waals surface area (Å²) >= 11 is 3.64. The van der Waals surface area contributed by atoms with Gasteiger partial charge in [0.25, 0.3) is 0 Å². The molecule has 2 atom stereocenters. The number of aliphatic hydroxyl groups excluding tert-OH is 1. The van der Waals surface area contributed by atoms with Gasteiger partial charge in [-0.3, -0.25) is 0 Å². The van der Waals surface area contributed by atoms with Crippen molar-refractivity contribution in [2.75, 3.05) is 24.6 Å². The lowest BCUT2D eigenvalue weighted by atomic mass is 10.1. The first-order valence-electron chi connectivity index (χ1n) is 6.49. The molecule has 2 unspecified atom stereocenters. The molecule has 0 radical (unpaired) electrons. The molecule has 4 heteroatoms. The molecule has 3 nitrogen and oxygen atoms in total. The Morgan fingerprint density at radius 2 is 2.28 bits per heavy atom. The van der Waals surface area contributed by atoms with Crippen molar-refractivity contribution in [3.63, 3.8) is 0 Å². The summed E-state index contributed by atoms with van der Waals surface area (Å²) in [5.41, 5.74) is 2.42. The molecular formula is C14H21BrN2O. The molecule has 2 N–H and O–H groups in total. The number of aliphatic hydroxyl groups is 1. The van der Waals surface area contributed by atoms with Gasteiger partial charge in [-0.15, -0.1) is 0 Å². The van der Waals surface area contributed by atoms with Crippen LogP contribution in [-0.2, 0) is 0 Å². The van der Waals surface area contributed by atoms with Crippen molar-refractivity contribution in [3.8, 4) is 0 Å². The third kappa shape index (κ3) is 3.05. The third-order valence-corrected chi connectivity index (χ3v) is 4.20. The van der Waals surface area contributed by atoms with Gasteiger partial charge in [0.1, 0.15) is 0 Å². The normalized spacial score (nSPS) is 25.0. The minimum absolute atomic E-state index is 0.147. The fourth-order valence-electron chi connectivity index (χ4n) is 2.39. The zero-order valence-electron chi connectivity index (χ0n) is 11.0. The van der Waals surface area contributed by atoms with Gasteiger partial charge in [-0.25, -0.2) is 0 Å². The van der Waals surface area contributed by atoms with E-state index >= 15 is 0 Å². The van der Waals surface area contributed by atoms with Crippen LogP contribution in [0.4, 0.5) is 5.69 Å². The van der Waals surface area contributed by atoms with Crippen LogP contribution in [-0.4, -0.2) is 36.9 Å². The van der Waals surface area contributed by atoms with Crippen LogP contribution < -0.4 is 10.2 Å². The standard InChI is InChI=1S/C14H21BrN2O/c1-10-3-4-14(13(15)7-10)17-6-5-11(2)16-8-12(17)9-18/h3-4,7,11-12,16,18H,5-6,8-9H2,1-2H3. The lowest BCUT2D eigenvalue weighted by molar-refractivity contribution is 0.259. The number of aryl methyl sites for hydroxylation is 1. The van der Waals surface area contributed by atoms with Crippen molar-refractivity contribution < 1.29 is 5.11 Å². The van der Waals surface area contributed by atoms with E-state index in [4.69, 9.17) is 0 Å². The van der Waals surface area contributed by atoms with E-state index in [-0.39, 0.29) is 12.6 Å². The maximum absolute atomic E-state index is 9.58. The minimum Gasteiger partial charge on any atom is -0.394 e. The lowest BCUT2D eigenvalue weighted by Crippen LogP contribution is -2.43. The number of rotatable bonds is 2. The maximum atomic E-state index is 9.58. The smallest absolute Gasteiger partial charge is 0.0647 e. The summed E-state index contributed by atoms with van der Waals surface area (Å²) < 4.78 is 1.11. The molecule has 1 fully saturated rings. The van der Waals surface area contributed by atoms with Crippen LogP contribution in [0.5, 0.6) is 0 Å². The monoisotopic (exact) mass is 312 g/mol. The highest BCUT2D eigenvalue weighted by Crippen LogP contribution is 2.29. The van der Waals surface area contributed by atoms with Crippen molar-refractivity contribution in [3.05, 3.63) is 28.2 Å². The van der Waals surface area contributed by atoms with E-state index in [0.717, 1.165) is 24.0 Å². The topological polar surface area (TPSA) is 35.5 Å². The predicted molar refractivity (Wildman–Crippen MR) is 79.2 cm³/mol. The second-order valence-corrected chi connectivity index (χ2v) is 5.94. The van der Waals surface area contributed by atoms with Crippen LogP contribution in [0.15, 0.2) is 22.7 Å². The molecule has 1 aliphatic rings. The summed E-state index contributed by atoms with van der Waals surface area (Å²) in [5, 5.41) is 13.0. The zero-order valence-corrected chi connectivity index (χ0v) is 12.6. The molecule has 1 saturated heterocycles. The van der Waals surface area contributed by atoms with Crippen molar-refractivity contribution in [1.82, 2.24) is 5.32 Å². The molecule has 1 heterocycles. The van der Waals surface area contributed by atoms with Gasteiger partial charge in [0.05, 0.1) is 18.3 Å². The zero-order chi connectivity index (χ0) is 13.1. The molecule has 0 aliphatic carbocycles. The van der Waals surface area contributed by atoms with Crippen molar-refractivity contribution in [2.45, 2.75) is 32.4 Å². The van der Waals surface area contributed by atoms with Crippen LogP contribution in [0.25, 0.3) is 0 Å². The van der Waals surface area contributed by atoms with E-state index in [1.807, 2.05) is 0 Å². The van der Waals surface area contributed by atoms with E-state index in [9.17, 15) is 5.11 Å². The summed E-state index contributed by atoms with van der Waals surface area (Å²) in [6, 6.07) is 7.04. The number of anilines is 1. The van der Waals surface area contributed by atoms with E-state index < -0.39 is 0 Å². The molecule has 1 aliphatic heterocycles. The Morgan fingerprint density at radius 3 is 2.94 bits per heavy atom. The first-order valence-corrected chi connectivity index (χ1v) is 7.28. The number of hydrogen-bond donors (Lipinski definition) is 2. The number of halogens is 1. The first kappa shape index (κ1) is 13.8. The lowest BCUT2D eigenvalue weighted by Gasteiger charge is -2.31. The average molecular weight is 313 g/mol. The molecule has 0 saturated carbocycles. The molecule has 100 valence electrons. The van der Waals surface area contributed by atoms with E-state index in [1.54, 1.807) is 0 Å². The summed E-state index contributed by atoms with van der Waals surface area (Å²) in [4.78, 5) is 2.31. The average Bonchev–Trinajstić information content (AvgIpc) is 2.51. The van der Waals surface area contributed by atoms with Crippen LogP contribution in [0.1, 0.15) is 18.9 Å². The highest BCUT2D eigenvalue weighted by Gasteiger charge is 2.24. The fraction of sp³-hybridized carbons (Fsp3) is 0.571. The van der Waals surface area contributed by atoms with E-state index in [0.29, 0.717) is 6.04 Å². The van der Waals surface area contributed by atoms with Gasteiger partial charge in [-0.1, -0.05) is 6.07 Å². The van der Waals surface area contributed by atoms with Crippen LogP contribution >= 0.6 is 15.9 Å². The Kier molecular flexibility index (Phi) is 4.65. The van der Waals surface area contributed by atoms with Crippen molar-refractivity contribution in [1.29, 1.82) is 0 Å². The van der Waals surface area contributed by atoms with Crippen LogP contribution in [0, 0.1) is 6.92 Å².